The Morgan fingerprint density at radius 3 is 2.78 bits per heavy atom. The minimum Gasteiger partial charge on any atom is -0.494 e. The highest BCUT2D eigenvalue weighted by atomic mass is 32.2. The van der Waals surface area contributed by atoms with Crippen LogP contribution in [0.3, 0.4) is 0 Å². The van der Waals surface area contributed by atoms with E-state index in [1.165, 1.54) is 24.2 Å². The van der Waals surface area contributed by atoms with Gasteiger partial charge in [-0.3, -0.25) is 0 Å². The summed E-state index contributed by atoms with van der Waals surface area (Å²) in [6, 6.07) is 8.64. The molecule has 1 unspecified atom stereocenters. The van der Waals surface area contributed by atoms with Gasteiger partial charge >= 0.3 is 0 Å². The summed E-state index contributed by atoms with van der Waals surface area (Å²) in [4.78, 5) is 0. The van der Waals surface area contributed by atoms with Crippen molar-refractivity contribution in [1.29, 1.82) is 0 Å². The van der Waals surface area contributed by atoms with Crippen molar-refractivity contribution in [3.05, 3.63) is 29.8 Å². The molecular formula is C15H25NOS. The van der Waals surface area contributed by atoms with Gasteiger partial charge in [-0.15, -0.1) is 0 Å². The first kappa shape index (κ1) is 15.4. The minimum absolute atomic E-state index is 0.349. The Morgan fingerprint density at radius 1 is 1.28 bits per heavy atom. The number of hydrogen-bond acceptors (Lipinski definition) is 3. The van der Waals surface area contributed by atoms with Gasteiger partial charge in [0.2, 0.25) is 0 Å². The lowest BCUT2D eigenvalue weighted by Gasteiger charge is -2.17. The van der Waals surface area contributed by atoms with Crippen LogP contribution in [0.25, 0.3) is 0 Å². The molecule has 0 saturated heterocycles. The summed E-state index contributed by atoms with van der Waals surface area (Å²) in [6.07, 6.45) is 4.68. The largest absolute Gasteiger partial charge is 0.494 e. The van der Waals surface area contributed by atoms with E-state index >= 15 is 0 Å². The van der Waals surface area contributed by atoms with E-state index in [-0.39, 0.29) is 0 Å². The summed E-state index contributed by atoms with van der Waals surface area (Å²) in [5, 5.41) is 3.57. The summed E-state index contributed by atoms with van der Waals surface area (Å²) in [7, 11) is 0. The van der Waals surface area contributed by atoms with Crippen molar-refractivity contribution < 1.29 is 4.74 Å². The maximum Gasteiger partial charge on any atom is 0.124 e. The van der Waals surface area contributed by atoms with Crippen LogP contribution >= 0.6 is 11.8 Å². The quantitative estimate of drug-likeness (QED) is 0.686. The SMILES string of the molecule is CCOc1ccccc1C(C)NCCCCSC. The molecule has 0 aliphatic heterocycles. The zero-order chi connectivity index (χ0) is 13.2. The lowest BCUT2D eigenvalue weighted by Crippen LogP contribution is -2.20. The average molecular weight is 267 g/mol. The van der Waals surface area contributed by atoms with Gasteiger partial charge in [-0.25, -0.2) is 0 Å². The summed E-state index contributed by atoms with van der Waals surface area (Å²) in [5.74, 6) is 2.26. The van der Waals surface area contributed by atoms with Crippen molar-refractivity contribution >= 4 is 11.8 Å². The van der Waals surface area contributed by atoms with Crippen LogP contribution in [0.4, 0.5) is 0 Å². The van der Waals surface area contributed by atoms with Gasteiger partial charge in [0.15, 0.2) is 0 Å². The summed E-state index contributed by atoms with van der Waals surface area (Å²) < 4.78 is 5.66. The zero-order valence-electron chi connectivity index (χ0n) is 11.7. The molecule has 0 saturated carbocycles. The third-order valence-electron chi connectivity index (χ3n) is 2.91. The van der Waals surface area contributed by atoms with Crippen LogP contribution in [-0.2, 0) is 0 Å². The second-order valence-corrected chi connectivity index (χ2v) is 5.33. The molecule has 0 aliphatic carbocycles. The van der Waals surface area contributed by atoms with Crippen LogP contribution in [0.1, 0.15) is 38.3 Å². The minimum atomic E-state index is 0.349. The Balaban J connectivity index is 2.42. The van der Waals surface area contributed by atoms with Crippen LogP contribution in [0, 0.1) is 0 Å². The standard InChI is InChI=1S/C15H25NOS/c1-4-17-15-10-6-5-9-14(15)13(2)16-11-7-8-12-18-3/h5-6,9-10,13,16H,4,7-8,11-12H2,1-3H3. The molecule has 0 amide bonds. The number of unbranched alkanes of at least 4 members (excludes halogenated alkanes) is 1. The van der Waals surface area contributed by atoms with Crippen molar-refractivity contribution in [2.24, 2.45) is 0 Å². The number of ether oxygens (including phenoxy) is 1. The Bertz CT molecular complexity index is 330. The average Bonchev–Trinajstić information content (AvgIpc) is 2.39. The molecule has 0 aromatic heterocycles. The van der Waals surface area contributed by atoms with Crippen molar-refractivity contribution in [3.63, 3.8) is 0 Å². The van der Waals surface area contributed by atoms with E-state index in [2.05, 4.69) is 30.6 Å². The fourth-order valence-corrected chi connectivity index (χ4v) is 2.42. The number of benzene rings is 1. The molecule has 0 spiro atoms. The number of para-hydroxylation sites is 1. The predicted molar refractivity (Wildman–Crippen MR) is 81.6 cm³/mol. The van der Waals surface area contributed by atoms with Crippen LogP contribution < -0.4 is 10.1 Å². The highest BCUT2D eigenvalue weighted by Crippen LogP contribution is 2.24. The fraction of sp³-hybridized carbons (Fsp3) is 0.600. The Labute approximate surface area is 116 Å². The van der Waals surface area contributed by atoms with Gasteiger partial charge in [-0.1, -0.05) is 18.2 Å². The molecule has 0 fully saturated rings. The van der Waals surface area contributed by atoms with E-state index in [1.807, 2.05) is 30.8 Å². The van der Waals surface area contributed by atoms with Crippen molar-refractivity contribution in [2.75, 3.05) is 25.2 Å². The molecule has 1 aromatic carbocycles. The first-order valence-electron chi connectivity index (χ1n) is 6.73. The molecule has 0 heterocycles. The van der Waals surface area contributed by atoms with Gasteiger partial charge in [-0.05, 0) is 51.3 Å². The van der Waals surface area contributed by atoms with E-state index in [0.717, 1.165) is 18.9 Å². The molecule has 3 heteroatoms. The Kier molecular flexibility index (Phi) is 7.94. The first-order valence-corrected chi connectivity index (χ1v) is 8.13. The van der Waals surface area contributed by atoms with Crippen molar-refractivity contribution in [2.45, 2.75) is 32.7 Å². The molecule has 2 nitrogen and oxygen atoms in total. The smallest absolute Gasteiger partial charge is 0.124 e. The number of nitrogens with one attached hydrogen (secondary N) is 1. The Morgan fingerprint density at radius 2 is 2.06 bits per heavy atom. The van der Waals surface area contributed by atoms with Crippen LogP contribution in [0.5, 0.6) is 5.75 Å². The molecular weight excluding hydrogens is 242 g/mol. The maximum absolute atomic E-state index is 5.66. The highest BCUT2D eigenvalue weighted by Gasteiger charge is 2.09. The lowest BCUT2D eigenvalue weighted by molar-refractivity contribution is 0.332. The fourth-order valence-electron chi connectivity index (χ4n) is 1.93. The molecule has 102 valence electrons. The monoisotopic (exact) mass is 267 g/mol. The molecule has 18 heavy (non-hydrogen) atoms. The topological polar surface area (TPSA) is 21.3 Å². The van der Waals surface area contributed by atoms with Crippen molar-refractivity contribution in [3.8, 4) is 5.75 Å². The summed E-state index contributed by atoms with van der Waals surface area (Å²) in [5.41, 5.74) is 1.25. The van der Waals surface area contributed by atoms with Crippen molar-refractivity contribution in [1.82, 2.24) is 5.32 Å². The number of hydrogen-bond donors (Lipinski definition) is 1. The lowest BCUT2D eigenvalue weighted by atomic mass is 10.1. The van der Waals surface area contributed by atoms with E-state index in [9.17, 15) is 0 Å². The van der Waals surface area contributed by atoms with Crippen LogP contribution in [-0.4, -0.2) is 25.2 Å². The van der Waals surface area contributed by atoms with E-state index in [4.69, 9.17) is 4.74 Å². The molecule has 0 radical (unpaired) electrons. The van der Waals surface area contributed by atoms with Crippen LogP contribution in [0.15, 0.2) is 24.3 Å². The van der Waals surface area contributed by atoms with Crippen LogP contribution in [0.2, 0.25) is 0 Å². The van der Waals surface area contributed by atoms with E-state index < -0.39 is 0 Å². The zero-order valence-corrected chi connectivity index (χ0v) is 12.6. The number of rotatable bonds is 9. The van der Waals surface area contributed by atoms with Gasteiger partial charge in [0.1, 0.15) is 5.75 Å². The van der Waals surface area contributed by atoms with Gasteiger partial charge < -0.3 is 10.1 Å². The van der Waals surface area contributed by atoms with E-state index in [0.29, 0.717) is 6.04 Å². The molecule has 0 bridgehead atoms. The van der Waals surface area contributed by atoms with E-state index in [1.54, 1.807) is 0 Å². The molecule has 1 atom stereocenters. The van der Waals surface area contributed by atoms with Gasteiger partial charge in [0.05, 0.1) is 6.61 Å². The molecule has 1 rings (SSSR count). The molecule has 0 aliphatic rings. The Hall–Kier alpha value is -0.670. The van der Waals surface area contributed by atoms with Gasteiger partial charge in [0.25, 0.3) is 0 Å². The van der Waals surface area contributed by atoms with Gasteiger partial charge in [0, 0.05) is 11.6 Å². The maximum atomic E-state index is 5.66. The summed E-state index contributed by atoms with van der Waals surface area (Å²) >= 11 is 1.92. The third-order valence-corrected chi connectivity index (χ3v) is 3.61. The third kappa shape index (κ3) is 5.32. The highest BCUT2D eigenvalue weighted by molar-refractivity contribution is 7.98. The number of thioether (sulfide) groups is 1. The summed E-state index contributed by atoms with van der Waals surface area (Å²) in [6.45, 7) is 6.02. The van der Waals surface area contributed by atoms with Gasteiger partial charge in [-0.2, -0.15) is 11.8 Å². The molecule has 1 aromatic rings. The predicted octanol–water partition coefficient (Wildman–Crippen LogP) is 3.88. The second-order valence-electron chi connectivity index (χ2n) is 4.35. The molecule has 1 N–H and O–H groups in total. The second kappa shape index (κ2) is 9.29. The first-order chi connectivity index (χ1) is 8.79. The normalized spacial score (nSPS) is 12.4.